The smallest absolute Gasteiger partial charge is 0.321 e. The lowest BCUT2D eigenvalue weighted by Gasteiger charge is -2.48. The average molecular weight is 613 g/mol. The Morgan fingerprint density at radius 3 is 2.26 bits per heavy atom. The molecule has 1 unspecified atom stereocenters. The zero-order valence-corrected chi connectivity index (χ0v) is 24.5. The average Bonchev–Trinajstić information content (AvgIpc) is 3.01. The molecule has 2 aliphatic rings. The van der Waals surface area contributed by atoms with Crippen LogP contribution in [-0.2, 0) is 16.2 Å². The summed E-state index contributed by atoms with van der Waals surface area (Å²) in [4.78, 5) is 29.3. The summed E-state index contributed by atoms with van der Waals surface area (Å²) >= 11 is -1.06. The largest absolute Gasteiger partial charge is 0.598 e. The second-order valence-electron chi connectivity index (χ2n) is 10.6. The number of nitrogens with one attached hydrogen (secondary N) is 1. The highest BCUT2D eigenvalue weighted by Gasteiger charge is 2.49. The molecule has 4 atom stereocenters. The fourth-order valence-corrected chi connectivity index (χ4v) is 6.55. The number of urea groups is 1. The molecule has 0 aliphatic carbocycles. The highest BCUT2D eigenvalue weighted by atomic mass is 32.2. The Morgan fingerprint density at radius 1 is 1.02 bits per heavy atom. The van der Waals surface area contributed by atoms with Crippen molar-refractivity contribution in [2.24, 2.45) is 5.92 Å². The van der Waals surface area contributed by atoms with E-state index in [0.717, 1.165) is 0 Å². The molecule has 0 bridgehead atoms. The molecule has 3 aromatic rings. The monoisotopic (exact) mass is 612 g/mol. The van der Waals surface area contributed by atoms with E-state index in [1.165, 1.54) is 59.5 Å². The van der Waals surface area contributed by atoms with E-state index in [4.69, 9.17) is 0 Å². The van der Waals surface area contributed by atoms with E-state index in [1.807, 2.05) is 11.2 Å². The van der Waals surface area contributed by atoms with Gasteiger partial charge in [0.05, 0.1) is 31.2 Å². The summed E-state index contributed by atoms with van der Waals surface area (Å²) in [6.45, 7) is 3.70. The van der Waals surface area contributed by atoms with Crippen LogP contribution in [0.4, 0.5) is 25.0 Å². The first-order valence-corrected chi connectivity index (χ1v) is 15.5. The van der Waals surface area contributed by atoms with Gasteiger partial charge >= 0.3 is 6.03 Å². The number of phenols is 1. The number of hydrogen-bond donors (Lipinski definition) is 3. The zero-order chi connectivity index (χ0) is 30.7. The number of amides is 3. The molecule has 3 aromatic carbocycles. The van der Waals surface area contributed by atoms with Gasteiger partial charge in [0.1, 0.15) is 23.1 Å². The second-order valence-corrected chi connectivity index (χ2v) is 12.3. The van der Waals surface area contributed by atoms with Crippen molar-refractivity contribution < 1.29 is 33.1 Å². The number of phenolic OH excluding ortho intramolecular Hbond substituents is 1. The minimum atomic E-state index is -1.06. The molecule has 0 aromatic heterocycles. The lowest BCUT2D eigenvalue weighted by molar-refractivity contribution is -0.131. The number of β-lactam (4-membered cyclic amide) rings is 1. The summed E-state index contributed by atoms with van der Waals surface area (Å²) in [7, 11) is 0. The Balaban J connectivity index is 1.31. The van der Waals surface area contributed by atoms with Crippen molar-refractivity contribution in [1.82, 2.24) is 9.21 Å². The molecule has 9 nitrogen and oxygen atoms in total. The van der Waals surface area contributed by atoms with E-state index in [2.05, 4.69) is 5.32 Å². The van der Waals surface area contributed by atoms with Gasteiger partial charge in [-0.2, -0.15) is 0 Å². The minimum absolute atomic E-state index is 0.130. The van der Waals surface area contributed by atoms with Gasteiger partial charge in [0.15, 0.2) is 0 Å². The van der Waals surface area contributed by atoms with Crippen LogP contribution in [0.25, 0.3) is 0 Å². The number of benzene rings is 3. The molecule has 2 saturated heterocycles. The van der Waals surface area contributed by atoms with Crippen molar-refractivity contribution in [2.45, 2.75) is 31.9 Å². The topological polar surface area (TPSA) is 119 Å². The maximum absolute atomic E-state index is 13.6. The summed E-state index contributed by atoms with van der Waals surface area (Å²) in [6, 6.07) is 14.8. The number of piperazine rings is 1. The molecule has 0 radical (unpaired) electrons. The predicted octanol–water partition coefficient (Wildman–Crippen LogP) is 4.72. The first-order valence-electron chi connectivity index (χ1n) is 14.2. The Bertz CT molecular complexity index is 1440. The molecule has 43 heavy (non-hydrogen) atoms. The number of aliphatic hydroxyl groups is 1. The Labute approximate surface area is 252 Å². The summed E-state index contributed by atoms with van der Waals surface area (Å²) in [5.74, 6) is -1.29. The van der Waals surface area contributed by atoms with Gasteiger partial charge in [-0.3, -0.25) is 4.79 Å². The third kappa shape index (κ3) is 6.77. The number of nitrogens with zero attached hydrogens (tertiary/aromatic N) is 3. The molecule has 2 aliphatic heterocycles. The quantitative estimate of drug-likeness (QED) is 0.238. The SMILES string of the molecule is CC[S+]([O-])N1CCN(C(=O)Nc2ccc([C@@H]3[C@@H](CC[C@H](O)c4ccc(F)cc4)C(=O)N3c3ccc(F)cc3)c(O)c2)CC1. The van der Waals surface area contributed by atoms with Gasteiger partial charge < -0.3 is 29.9 Å². The van der Waals surface area contributed by atoms with Crippen LogP contribution in [0.5, 0.6) is 5.75 Å². The van der Waals surface area contributed by atoms with Crippen molar-refractivity contribution in [1.29, 1.82) is 0 Å². The fraction of sp³-hybridized carbons (Fsp3) is 0.355. The summed E-state index contributed by atoms with van der Waals surface area (Å²) in [5.41, 5.74) is 1.81. The maximum Gasteiger partial charge on any atom is 0.321 e. The van der Waals surface area contributed by atoms with Crippen LogP contribution in [0.2, 0.25) is 0 Å². The van der Waals surface area contributed by atoms with Gasteiger partial charge in [-0.1, -0.05) is 18.2 Å². The Hall–Kier alpha value is -3.71. The molecule has 0 spiro atoms. The van der Waals surface area contributed by atoms with Gasteiger partial charge in [-0.25, -0.2) is 13.6 Å². The third-order valence-corrected chi connectivity index (χ3v) is 9.42. The highest BCUT2D eigenvalue weighted by molar-refractivity contribution is 7.89. The molecular weight excluding hydrogens is 578 g/mol. The number of aliphatic hydroxyl groups excluding tert-OH is 1. The zero-order valence-electron chi connectivity index (χ0n) is 23.7. The molecule has 3 N–H and O–H groups in total. The van der Waals surface area contributed by atoms with Crippen molar-refractivity contribution in [2.75, 3.05) is 42.1 Å². The molecule has 3 amide bonds. The van der Waals surface area contributed by atoms with Crippen LogP contribution in [0.3, 0.4) is 0 Å². The van der Waals surface area contributed by atoms with Crippen LogP contribution in [0.15, 0.2) is 66.7 Å². The van der Waals surface area contributed by atoms with E-state index in [-0.39, 0.29) is 30.5 Å². The fourth-order valence-electron chi connectivity index (χ4n) is 5.62. The first kappa shape index (κ1) is 30.7. The van der Waals surface area contributed by atoms with E-state index in [9.17, 15) is 33.1 Å². The standard InChI is InChI=1S/C31H34F2N4O5S/c1-2-43(42)36-17-15-35(16-18-36)31(41)34-23-9-12-25(28(39)19-23)29-26(13-14-27(38)20-3-5-21(32)6-4-20)30(40)37(29)24-10-7-22(33)8-11-24/h3-12,19,26-27,29,38-39H,2,13-18H2,1H3,(H,34,41)/t26-,27+,29-,43?/m1/s1. The lowest BCUT2D eigenvalue weighted by Crippen LogP contribution is -2.55. The number of aromatic hydroxyl groups is 1. The minimum Gasteiger partial charge on any atom is -0.598 e. The van der Waals surface area contributed by atoms with Crippen LogP contribution >= 0.6 is 0 Å². The lowest BCUT2D eigenvalue weighted by atomic mass is 9.78. The molecule has 2 heterocycles. The maximum atomic E-state index is 13.6. The molecule has 228 valence electrons. The van der Waals surface area contributed by atoms with Gasteiger partial charge in [0.2, 0.25) is 5.91 Å². The van der Waals surface area contributed by atoms with Crippen LogP contribution in [0.1, 0.15) is 43.0 Å². The molecule has 5 rings (SSSR count). The number of halogens is 2. The summed E-state index contributed by atoms with van der Waals surface area (Å²) in [6.07, 6.45) is -0.403. The third-order valence-electron chi connectivity index (χ3n) is 7.99. The molecule has 0 saturated carbocycles. The number of carbonyl (C=O) groups excluding carboxylic acids is 2. The summed E-state index contributed by atoms with van der Waals surface area (Å²) in [5, 5.41) is 24.5. The van der Waals surface area contributed by atoms with Gasteiger partial charge in [-0.15, -0.1) is 4.31 Å². The number of carbonyl (C=O) groups is 2. The van der Waals surface area contributed by atoms with E-state index in [1.54, 1.807) is 17.0 Å². The van der Waals surface area contributed by atoms with Crippen molar-refractivity contribution >= 4 is 34.7 Å². The first-order chi connectivity index (χ1) is 20.7. The van der Waals surface area contributed by atoms with Crippen molar-refractivity contribution in [3.63, 3.8) is 0 Å². The molecule has 12 heteroatoms. The van der Waals surface area contributed by atoms with Crippen molar-refractivity contribution in [3.05, 3.63) is 89.5 Å². The van der Waals surface area contributed by atoms with E-state index < -0.39 is 41.1 Å². The van der Waals surface area contributed by atoms with Crippen LogP contribution < -0.4 is 10.2 Å². The van der Waals surface area contributed by atoms with E-state index in [0.29, 0.717) is 54.4 Å². The highest BCUT2D eigenvalue weighted by Crippen LogP contribution is 2.49. The number of hydrogen-bond acceptors (Lipinski definition) is 6. The summed E-state index contributed by atoms with van der Waals surface area (Å²) < 4.78 is 40.8. The number of anilines is 2. The molecule has 2 fully saturated rings. The number of rotatable bonds is 9. The van der Waals surface area contributed by atoms with Gasteiger partial charge in [0, 0.05) is 47.5 Å². The van der Waals surface area contributed by atoms with Gasteiger partial charge in [-0.05, 0) is 67.8 Å². The van der Waals surface area contributed by atoms with E-state index >= 15 is 0 Å². The molecular formula is C31H34F2N4O5S. The van der Waals surface area contributed by atoms with Gasteiger partial charge in [0.25, 0.3) is 0 Å². The Morgan fingerprint density at radius 2 is 1.65 bits per heavy atom. The van der Waals surface area contributed by atoms with Crippen molar-refractivity contribution in [3.8, 4) is 5.75 Å². The normalized spacial score (nSPS) is 20.4. The van der Waals surface area contributed by atoms with Crippen LogP contribution in [0, 0.1) is 17.6 Å². The van der Waals surface area contributed by atoms with Crippen LogP contribution in [-0.4, -0.2) is 67.8 Å². The second kappa shape index (κ2) is 13.3. The predicted molar refractivity (Wildman–Crippen MR) is 160 cm³/mol. The Kier molecular flexibility index (Phi) is 9.50.